The molecule has 1 aliphatic rings. The standard InChI is InChI=1S/C14H16N4O2/c19-14(13-2-1-7-20-13)17-12-5-3-11(4-6-12)8-18-10-15-9-16-18/h3-6,9-10,13H,1-2,7-8H2,(H,17,19). The molecule has 1 aliphatic heterocycles. The van der Waals surface area contributed by atoms with Gasteiger partial charge in [0.05, 0.1) is 6.54 Å². The third-order valence-electron chi connectivity index (χ3n) is 3.25. The summed E-state index contributed by atoms with van der Waals surface area (Å²) in [5.41, 5.74) is 1.89. The monoisotopic (exact) mass is 272 g/mol. The second-order valence-electron chi connectivity index (χ2n) is 4.78. The molecule has 2 heterocycles. The highest BCUT2D eigenvalue weighted by molar-refractivity contribution is 5.94. The SMILES string of the molecule is O=C(Nc1ccc(Cn2cncn2)cc1)C1CCCO1. The van der Waals surface area contributed by atoms with Crippen molar-refractivity contribution in [1.82, 2.24) is 14.8 Å². The smallest absolute Gasteiger partial charge is 0.253 e. The summed E-state index contributed by atoms with van der Waals surface area (Å²) in [6, 6.07) is 7.71. The molecule has 0 saturated carbocycles. The van der Waals surface area contributed by atoms with Crippen molar-refractivity contribution in [3.8, 4) is 0 Å². The summed E-state index contributed by atoms with van der Waals surface area (Å²) in [6.45, 7) is 1.34. The average molecular weight is 272 g/mol. The molecule has 6 heteroatoms. The van der Waals surface area contributed by atoms with Crippen molar-refractivity contribution in [2.75, 3.05) is 11.9 Å². The molecule has 1 N–H and O–H groups in total. The van der Waals surface area contributed by atoms with Gasteiger partial charge in [0.1, 0.15) is 18.8 Å². The number of hydrogen-bond acceptors (Lipinski definition) is 4. The van der Waals surface area contributed by atoms with E-state index in [2.05, 4.69) is 15.4 Å². The Morgan fingerprint density at radius 3 is 2.90 bits per heavy atom. The number of ether oxygens (including phenoxy) is 1. The third-order valence-corrected chi connectivity index (χ3v) is 3.25. The summed E-state index contributed by atoms with van der Waals surface area (Å²) in [5, 5.41) is 6.93. The van der Waals surface area contributed by atoms with Gasteiger partial charge in [-0.25, -0.2) is 9.67 Å². The van der Waals surface area contributed by atoms with Crippen molar-refractivity contribution in [1.29, 1.82) is 0 Å². The highest BCUT2D eigenvalue weighted by Gasteiger charge is 2.23. The Morgan fingerprint density at radius 2 is 2.25 bits per heavy atom. The normalized spacial score (nSPS) is 18.1. The van der Waals surface area contributed by atoms with Crippen LogP contribution < -0.4 is 5.32 Å². The van der Waals surface area contributed by atoms with E-state index in [9.17, 15) is 4.79 Å². The number of anilines is 1. The minimum absolute atomic E-state index is 0.0634. The van der Waals surface area contributed by atoms with E-state index in [0.717, 1.165) is 24.1 Å². The van der Waals surface area contributed by atoms with Crippen molar-refractivity contribution in [3.63, 3.8) is 0 Å². The van der Waals surface area contributed by atoms with Gasteiger partial charge in [0.25, 0.3) is 5.91 Å². The molecule has 20 heavy (non-hydrogen) atoms. The lowest BCUT2D eigenvalue weighted by Gasteiger charge is -2.10. The first kappa shape index (κ1) is 12.8. The van der Waals surface area contributed by atoms with Crippen LogP contribution in [0.2, 0.25) is 0 Å². The van der Waals surface area contributed by atoms with Crippen molar-refractivity contribution in [2.45, 2.75) is 25.5 Å². The van der Waals surface area contributed by atoms with Crippen LogP contribution >= 0.6 is 0 Å². The topological polar surface area (TPSA) is 69.0 Å². The maximum atomic E-state index is 11.9. The highest BCUT2D eigenvalue weighted by Crippen LogP contribution is 2.16. The van der Waals surface area contributed by atoms with Crippen LogP contribution in [0.3, 0.4) is 0 Å². The zero-order valence-electron chi connectivity index (χ0n) is 11.0. The number of carbonyl (C=O) groups excluding carboxylic acids is 1. The molecule has 0 spiro atoms. The molecular formula is C14H16N4O2. The Kier molecular flexibility index (Phi) is 3.73. The van der Waals surface area contributed by atoms with E-state index in [1.54, 1.807) is 11.0 Å². The first-order valence-electron chi connectivity index (χ1n) is 6.65. The molecule has 1 saturated heterocycles. The summed E-state index contributed by atoms with van der Waals surface area (Å²) < 4.78 is 7.10. The zero-order valence-corrected chi connectivity index (χ0v) is 11.0. The van der Waals surface area contributed by atoms with E-state index in [-0.39, 0.29) is 12.0 Å². The van der Waals surface area contributed by atoms with Crippen LogP contribution in [-0.4, -0.2) is 33.4 Å². The van der Waals surface area contributed by atoms with Gasteiger partial charge in [0.2, 0.25) is 0 Å². The summed E-state index contributed by atoms with van der Waals surface area (Å²) in [6.07, 6.45) is 4.64. The van der Waals surface area contributed by atoms with Gasteiger partial charge in [-0.15, -0.1) is 0 Å². The van der Waals surface area contributed by atoms with Crippen molar-refractivity contribution in [3.05, 3.63) is 42.5 Å². The molecule has 1 unspecified atom stereocenters. The fourth-order valence-electron chi connectivity index (χ4n) is 2.20. The van der Waals surface area contributed by atoms with Crippen LogP contribution in [0.5, 0.6) is 0 Å². The maximum Gasteiger partial charge on any atom is 0.253 e. The largest absolute Gasteiger partial charge is 0.368 e. The van der Waals surface area contributed by atoms with E-state index < -0.39 is 0 Å². The van der Waals surface area contributed by atoms with Gasteiger partial charge in [-0.05, 0) is 30.5 Å². The first-order valence-corrected chi connectivity index (χ1v) is 6.65. The Morgan fingerprint density at radius 1 is 1.40 bits per heavy atom. The molecule has 1 aromatic heterocycles. The average Bonchev–Trinajstić information content (AvgIpc) is 3.13. The number of amides is 1. The number of nitrogens with one attached hydrogen (secondary N) is 1. The Hall–Kier alpha value is -2.21. The van der Waals surface area contributed by atoms with Crippen LogP contribution in [0, 0.1) is 0 Å². The number of aromatic nitrogens is 3. The molecule has 104 valence electrons. The minimum atomic E-state index is -0.301. The van der Waals surface area contributed by atoms with Crippen LogP contribution in [0.15, 0.2) is 36.9 Å². The molecule has 3 rings (SSSR count). The third kappa shape index (κ3) is 3.03. The van der Waals surface area contributed by atoms with Crippen LogP contribution in [0.4, 0.5) is 5.69 Å². The summed E-state index contributed by atoms with van der Waals surface area (Å²) in [7, 11) is 0. The Balaban J connectivity index is 1.59. The second kappa shape index (κ2) is 5.83. The van der Waals surface area contributed by atoms with Crippen molar-refractivity contribution in [2.24, 2.45) is 0 Å². The number of hydrogen-bond donors (Lipinski definition) is 1. The molecule has 1 fully saturated rings. The molecular weight excluding hydrogens is 256 g/mol. The highest BCUT2D eigenvalue weighted by atomic mass is 16.5. The van der Waals surface area contributed by atoms with Crippen LogP contribution in [0.25, 0.3) is 0 Å². The van der Waals surface area contributed by atoms with Gasteiger partial charge in [-0.1, -0.05) is 12.1 Å². The number of rotatable bonds is 4. The summed E-state index contributed by atoms with van der Waals surface area (Å²) in [4.78, 5) is 15.8. The maximum absolute atomic E-state index is 11.9. The fourth-order valence-corrected chi connectivity index (χ4v) is 2.20. The van der Waals surface area contributed by atoms with Gasteiger partial charge in [0, 0.05) is 12.3 Å². The predicted molar refractivity (Wildman–Crippen MR) is 73.2 cm³/mol. The van der Waals surface area contributed by atoms with E-state index in [1.807, 2.05) is 24.3 Å². The molecule has 1 aromatic carbocycles. The van der Waals surface area contributed by atoms with Crippen molar-refractivity contribution < 1.29 is 9.53 Å². The Bertz CT molecular complexity index is 559. The van der Waals surface area contributed by atoms with E-state index >= 15 is 0 Å². The lowest BCUT2D eigenvalue weighted by molar-refractivity contribution is -0.124. The molecule has 0 bridgehead atoms. The van der Waals surface area contributed by atoms with Gasteiger partial charge in [-0.3, -0.25) is 4.79 Å². The van der Waals surface area contributed by atoms with Crippen LogP contribution in [-0.2, 0) is 16.1 Å². The lowest BCUT2D eigenvalue weighted by atomic mass is 10.2. The number of carbonyl (C=O) groups is 1. The molecule has 0 aliphatic carbocycles. The lowest BCUT2D eigenvalue weighted by Crippen LogP contribution is -2.26. The van der Waals surface area contributed by atoms with Crippen LogP contribution in [0.1, 0.15) is 18.4 Å². The molecule has 0 radical (unpaired) electrons. The van der Waals surface area contributed by atoms with Crippen molar-refractivity contribution >= 4 is 11.6 Å². The number of benzene rings is 1. The zero-order chi connectivity index (χ0) is 13.8. The van der Waals surface area contributed by atoms with Gasteiger partial charge in [0.15, 0.2) is 0 Å². The molecule has 2 aromatic rings. The first-order chi connectivity index (χ1) is 9.81. The van der Waals surface area contributed by atoms with E-state index in [4.69, 9.17) is 4.74 Å². The molecule has 1 atom stereocenters. The van der Waals surface area contributed by atoms with Gasteiger partial charge >= 0.3 is 0 Å². The molecule has 1 amide bonds. The van der Waals surface area contributed by atoms with E-state index in [1.165, 1.54) is 6.33 Å². The molecule has 6 nitrogen and oxygen atoms in total. The predicted octanol–water partition coefficient (Wildman–Crippen LogP) is 1.44. The van der Waals surface area contributed by atoms with Gasteiger partial charge in [-0.2, -0.15) is 5.10 Å². The minimum Gasteiger partial charge on any atom is -0.368 e. The quantitative estimate of drug-likeness (QED) is 0.914. The fraction of sp³-hybridized carbons (Fsp3) is 0.357. The summed E-state index contributed by atoms with van der Waals surface area (Å²) >= 11 is 0. The van der Waals surface area contributed by atoms with E-state index in [0.29, 0.717) is 13.2 Å². The Labute approximate surface area is 116 Å². The van der Waals surface area contributed by atoms with Gasteiger partial charge < -0.3 is 10.1 Å². The second-order valence-corrected chi connectivity index (χ2v) is 4.78. The number of nitrogens with zero attached hydrogens (tertiary/aromatic N) is 3. The summed E-state index contributed by atoms with van der Waals surface area (Å²) in [5.74, 6) is -0.0634.